The molecule has 0 aliphatic carbocycles. The Balaban J connectivity index is 1.92. The first-order chi connectivity index (χ1) is 16.7. The fraction of sp³-hybridized carbons (Fsp3) is 0.280. The van der Waals surface area contributed by atoms with Crippen LogP contribution >= 0.6 is 11.6 Å². The van der Waals surface area contributed by atoms with Gasteiger partial charge in [-0.05, 0) is 41.5 Å². The minimum Gasteiger partial charge on any atom is -0.322 e. The van der Waals surface area contributed by atoms with Gasteiger partial charge >= 0.3 is 12.2 Å². The highest BCUT2D eigenvalue weighted by molar-refractivity contribution is 6.30. The smallest absolute Gasteiger partial charge is 0.322 e. The molecule has 1 fully saturated rings. The van der Waals surface area contributed by atoms with Gasteiger partial charge in [0.1, 0.15) is 11.4 Å². The van der Waals surface area contributed by atoms with Crippen molar-refractivity contribution in [3.05, 3.63) is 100 Å². The molecule has 2 heterocycles. The number of aromatic nitrogens is 1. The van der Waals surface area contributed by atoms with Gasteiger partial charge in [0.05, 0.1) is 16.3 Å². The van der Waals surface area contributed by atoms with Crippen LogP contribution in [-0.4, -0.2) is 42.1 Å². The normalized spacial score (nSPS) is 16.0. The Bertz CT molecular complexity index is 1170. The molecule has 0 saturated carbocycles. The summed E-state index contributed by atoms with van der Waals surface area (Å²) in [5.74, 6) is -1.07. The zero-order chi connectivity index (χ0) is 25.1. The van der Waals surface area contributed by atoms with Crippen LogP contribution in [0.15, 0.2) is 66.9 Å². The lowest BCUT2D eigenvalue weighted by atomic mass is 9.79. The van der Waals surface area contributed by atoms with E-state index in [-0.39, 0.29) is 17.7 Å². The van der Waals surface area contributed by atoms with Gasteiger partial charge in [-0.1, -0.05) is 41.9 Å². The second-order valence-corrected chi connectivity index (χ2v) is 8.76. The number of carbonyl (C=O) groups excluding carboxylic acids is 1. The minimum atomic E-state index is -4.79. The first kappa shape index (κ1) is 24.9. The first-order valence-electron chi connectivity index (χ1n) is 11.0. The lowest BCUT2D eigenvalue weighted by Gasteiger charge is -2.38. The van der Waals surface area contributed by atoms with Crippen molar-refractivity contribution in [2.24, 2.45) is 0 Å². The van der Waals surface area contributed by atoms with E-state index < -0.39 is 29.1 Å². The third-order valence-corrected chi connectivity index (χ3v) is 6.14. The molecule has 5 nitrogen and oxygen atoms in total. The number of piperazine rings is 1. The molecule has 2 amide bonds. The minimum absolute atomic E-state index is 0.0288. The van der Waals surface area contributed by atoms with E-state index >= 15 is 0 Å². The molecule has 35 heavy (non-hydrogen) atoms. The molecule has 0 unspecified atom stereocenters. The van der Waals surface area contributed by atoms with Crippen molar-refractivity contribution >= 4 is 17.6 Å². The second-order valence-electron chi connectivity index (χ2n) is 8.32. The maximum Gasteiger partial charge on any atom is 0.416 e. The van der Waals surface area contributed by atoms with Crippen LogP contribution in [0.2, 0.25) is 5.02 Å². The summed E-state index contributed by atoms with van der Waals surface area (Å²) in [7, 11) is 0. The molecule has 184 valence electrons. The Morgan fingerprint density at radius 1 is 1.03 bits per heavy atom. The number of hydrogen-bond acceptors (Lipinski definition) is 3. The molecule has 1 aliphatic rings. The summed E-state index contributed by atoms with van der Waals surface area (Å²) >= 11 is 6.03. The largest absolute Gasteiger partial charge is 0.416 e. The topological polar surface area (TPSA) is 57.3 Å². The average Bonchev–Trinajstić information content (AvgIpc) is 2.84. The molecular formula is C25H23ClF4N4O. The number of nitrogens with zero attached hydrogens (tertiary/aromatic N) is 2. The van der Waals surface area contributed by atoms with Crippen molar-refractivity contribution in [2.45, 2.75) is 18.1 Å². The van der Waals surface area contributed by atoms with Gasteiger partial charge in [0.25, 0.3) is 0 Å². The molecule has 0 bridgehead atoms. The molecular weight excluding hydrogens is 484 g/mol. The summed E-state index contributed by atoms with van der Waals surface area (Å²) < 4.78 is 55.6. The number of halogens is 5. The van der Waals surface area contributed by atoms with Gasteiger partial charge in [-0.25, -0.2) is 9.18 Å². The summed E-state index contributed by atoms with van der Waals surface area (Å²) in [6.45, 7) is 1.99. The van der Waals surface area contributed by atoms with Gasteiger partial charge in [-0.2, -0.15) is 13.2 Å². The van der Waals surface area contributed by atoms with E-state index in [1.54, 1.807) is 35.2 Å². The number of benzene rings is 2. The summed E-state index contributed by atoms with van der Waals surface area (Å²) in [6, 6.07) is 13.8. The summed E-state index contributed by atoms with van der Waals surface area (Å²) in [5, 5.41) is 6.39. The molecule has 1 aromatic heterocycles. The zero-order valence-electron chi connectivity index (χ0n) is 18.6. The molecule has 1 aliphatic heterocycles. The molecule has 1 atom stereocenters. The predicted octanol–water partition coefficient (Wildman–Crippen LogP) is 4.99. The number of hydrogen-bond donors (Lipinski definition) is 2. The third kappa shape index (κ3) is 5.74. The number of rotatable bonds is 5. The highest BCUT2D eigenvalue weighted by Crippen LogP contribution is 2.38. The van der Waals surface area contributed by atoms with Crippen molar-refractivity contribution in [3.8, 4) is 0 Å². The molecule has 1 saturated heterocycles. The van der Waals surface area contributed by atoms with Crippen LogP contribution in [0.3, 0.4) is 0 Å². The Morgan fingerprint density at radius 3 is 2.34 bits per heavy atom. The monoisotopic (exact) mass is 506 g/mol. The Labute approximate surface area is 205 Å². The van der Waals surface area contributed by atoms with Crippen LogP contribution in [0.25, 0.3) is 0 Å². The Kier molecular flexibility index (Phi) is 7.28. The van der Waals surface area contributed by atoms with Gasteiger partial charge in [0, 0.05) is 38.8 Å². The standard InChI is InChI=1S/C25H23ClF4N4O/c26-20-6-7-22(32-16-20)24(15-17-4-2-1-3-5-17,33-23(35)34-10-8-31-9-11-34)18-12-19(25(28,29)30)14-21(27)13-18/h1-7,12-14,16,31H,8-11,15H2,(H,33,35)/t24-/m0/s1. The zero-order valence-corrected chi connectivity index (χ0v) is 19.3. The molecule has 3 aromatic rings. The summed E-state index contributed by atoms with van der Waals surface area (Å²) in [4.78, 5) is 19.3. The highest BCUT2D eigenvalue weighted by Gasteiger charge is 2.41. The molecule has 0 radical (unpaired) electrons. The number of pyridine rings is 1. The average molecular weight is 507 g/mol. The van der Waals surface area contributed by atoms with E-state index in [0.29, 0.717) is 42.8 Å². The number of alkyl halides is 3. The summed E-state index contributed by atoms with van der Waals surface area (Å²) in [5.41, 5.74) is -1.91. The van der Waals surface area contributed by atoms with Gasteiger partial charge < -0.3 is 15.5 Å². The number of urea groups is 1. The van der Waals surface area contributed by atoms with Gasteiger partial charge in [0.2, 0.25) is 0 Å². The van der Waals surface area contributed by atoms with Crippen LogP contribution < -0.4 is 10.6 Å². The van der Waals surface area contributed by atoms with Crippen molar-refractivity contribution in [3.63, 3.8) is 0 Å². The van der Waals surface area contributed by atoms with Crippen LogP contribution in [0.4, 0.5) is 22.4 Å². The van der Waals surface area contributed by atoms with E-state index in [9.17, 15) is 22.4 Å². The molecule has 0 spiro atoms. The number of amides is 2. The predicted molar refractivity (Wildman–Crippen MR) is 125 cm³/mol. The summed E-state index contributed by atoms with van der Waals surface area (Å²) in [6.07, 6.45) is -3.41. The maximum absolute atomic E-state index is 14.6. The Hall–Kier alpha value is -3.17. The Morgan fingerprint density at radius 2 is 1.71 bits per heavy atom. The van der Waals surface area contributed by atoms with E-state index in [2.05, 4.69) is 15.6 Å². The molecule has 4 rings (SSSR count). The fourth-order valence-corrected chi connectivity index (χ4v) is 4.29. The van der Waals surface area contributed by atoms with E-state index in [1.165, 1.54) is 18.3 Å². The quantitative estimate of drug-likeness (QED) is 0.479. The van der Waals surface area contributed by atoms with Crippen molar-refractivity contribution in [1.82, 2.24) is 20.5 Å². The molecule has 2 aromatic carbocycles. The van der Waals surface area contributed by atoms with Crippen molar-refractivity contribution in [1.29, 1.82) is 0 Å². The maximum atomic E-state index is 14.6. The third-order valence-electron chi connectivity index (χ3n) is 5.92. The van der Waals surface area contributed by atoms with E-state index in [4.69, 9.17) is 11.6 Å². The van der Waals surface area contributed by atoms with Crippen LogP contribution in [0.1, 0.15) is 22.4 Å². The van der Waals surface area contributed by atoms with Gasteiger partial charge in [0.15, 0.2) is 0 Å². The lowest BCUT2D eigenvalue weighted by Crippen LogP contribution is -2.57. The number of carbonyl (C=O) groups is 1. The van der Waals surface area contributed by atoms with Gasteiger partial charge in [-0.3, -0.25) is 4.98 Å². The number of nitrogens with one attached hydrogen (secondary N) is 2. The lowest BCUT2D eigenvalue weighted by molar-refractivity contribution is -0.137. The fourth-order valence-electron chi connectivity index (χ4n) is 4.18. The van der Waals surface area contributed by atoms with Crippen LogP contribution in [-0.2, 0) is 18.1 Å². The molecule has 10 heteroatoms. The first-order valence-corrected chi connectivity index (χ1v) is 11.4. The van der Waals surface area contributed by atoms with Crippen molar-refractivity contribution < 1.29 is 22.4 Å². The van der Waals surface area contributed by atoms with Gasteiger partial charge in [-0.15, -0.1) is 0 Å². The van der Waals surface area contributed by atoms with E-state index in [0.717, 1.165) is 12.1 Å². The second kappa shape index (κ2) is 10.2. The SMILES string of the molecule is O=C(N[C@@](Cc1ccccc1)(c1cc(F)cc(C(F)(F)F)c1)c1ccc(Cl)cn1)N1CCNCC1. The highest BCUT2D eigenvalue weighted by atomic mass is 35.5. The van der Waals surface area contributed by atoms with Crippen molar-refractivity contribution in [2.75, 3.05) is 26.2 Å². The van der Waals surface area contributed by atoms with Crippen LogP contribution in [0, 0.1) is 5.82 Å². The van der Waals surface area contributed by atoms with E-state index in [1.807, 2.05) is 0 Å². The van der Waals surface area contributed by atoms with Crippen LogP contribution in [0.5, 0.6) is 0 Å². The molecule has 2 N–H and O–H groups in total.